The Morgan fingerprint density at radius 1 is 1.24 bits per heavy atom. The Kier molecular flexibility index (Phi) is 4.94. The Balaban J connectivity index is 2.18. The third kappa shape index (κ3) is 3.82. The van der Waals surface area contributed by atoms with Crippen LogP contribution in [0.4, 0.5) is 0 Å². The number of hydrogen-bond acceptors (Lipinski definition) is 2. The number of aryl methyl sites for hydroxylation is 2. The van der Waals surface area contributed by atoms with Crippen molar-refractivity contribution in [3.63, 3.8) is 0 Å². The maximum atomic E-state index is 4.32. The summed E-state index contributed by atoms with van der Waals surface area (Å²) in [5.41, 5.74) is 4.53. The highest BCUT2D eigenvalue weighted by Crippen LogP contribution is 2.06. The van der Waals surface area contributed by atoms with Gasteiger partial charge in [0.05, 0.1) is 0 Å². The molecule has 0 saturated carbocycles. The normalized spacial score (nSPS) is 12.5. The predicted octanol–water partition coefficient (Wildman–Crippen LogP) is 2.58. The lowest BCUT2D eigenvalue weighted by Gasteiger charge is -2.08. The molecule has 1 aromatic carbocycles. The van der Waals surface area contributed by atoms with E-state index in [1.54, 1.807) is 0 Å². The molecule has 0 saturated heterocycles. The predicted molar refractivity (Wildman–Crippen MR) is 90.0 cm³/mol. The molecule has 2 nitrogen and oxygen atoms in total. The molecular formula is C19H22N2. The SMILES string of the molecule is C=C(/C=c1/ccnc(C)/c1=C/C)NCc1ccccc1C. The van der Waals surface area contributed by atoms with Crippen LogP contribution in [-0.4, -0.2) is 4.98 Å². The van der Waals surface area contributed by atoms with Crippen LogP contribution in [0.25, 0.3) is 12.2 Å². The van der Waals surface area contributed by atoms with Crippen LogP contribution in [0.2, 0.25) is 0 Å². The molecule has 2 rings (SSSR count). The molecule has 0 bridgehead atoms. The quantitative estimate of drug-likeness (QED) is 0.930. The van der Waals surface area contributed by atoms with E-state index in [9.17, 15) is 0 Å². The molecule has 1 heterocycles. The molecule has 0 aliphatic heterocycles. The first kappa shape index (κ1) is 15.0. The lowest BCUT2D eigenvalue weighted by atomic mass is 10.1. The fourth-order valence-corrected chi connectivity index (χ4v) is 2.35. The fraction of sp³-hybridized carbons (Fsp3) is 0.211. The highest BCUT2D eigenvalue weighted by atomic mass is 14.9. The molecule has 2 heteroatoms. The Morgan fingerprint density at radius 2 is 2.00 bits per heavy atom. The van der Waals surface area contributed by atoms with Gasteiger partial charge in [0.2, 0.25) is 0 Å². The van der Waals surface area contributed by atoms with Crippen molar-refractivity contribution in [3.05, 3.63) is 76.1 Å². The number of hydrogen-bond donors (Lipinski definition) is 1. The first-order valence-electron chi connectivity index (χ1n) is 7.19. The van der Waals surface area contributed by atoms with E-state index in [4.69, 9.17) is 0 Å². The van der Waals surface area contributed by atoms with E-state index in [2.05, 4.69) is 60.2 Å². The zero-order valence-corrected chi connectivity index (χ0v) is 13.0. The average molecular weight is 278 g/mol. The number of pyridine rings is 1. The summed E-state index contributed by atoms with van der Waals surface area (Å²) in [5, 5.41) is 5.68. The van der Waals surface area contributed by atoms with Crippen molar-refractivity contribution in [2.45, 2.75) is 27.3 Å². The van der Waals surface area contributed by atoms with Crippen LogP contribution in [0.15, 0.2) is 48.8 Å². The zero-order chi connectivity index (χ0) is 15.2. The van der Waals surface area contributed by atoms with E-state index >= 15 is 0 Å². The van der Waals surface area contributed by atoms with E-state index in [-0.39, 0.29) is 0 Å². The summed E-state index contributed by atoms with van der Waals surface area (Å²) in [7, 11) is 0. The van der Waals surface area contributed by atoms with Crippen molar-refractivity contribution in [2.75, 3.05) is 0 Å². The Labute approximate surface area is 126 Å². The second kappa shape index (κ2) is 6.89. The molecule has 0 aliphatic rings. The molecule has 0 unspecified atom stereocenters. The van der Waals surface area contributed by atoms with Gasteiger partial charge in [-0.2, -0.15) is 0 Å². The first-order chi connectivity index (χ1) is 10.1. The lowest BCUT2D eigenvalue weighted by Crippen LogP contribution is -2.29. The molecule has 0 fully saturated rings. The maximum Gasteiger partial charge on any atom is 0.0447 e. The van der Waals surface area contributed by atoms with Gasteiger partial charge in [0, 0.05) is 24.1 Å². The van der Waals surface area contributed by atoms with Crippen molar-refractivity contribution >= 4 is 12.2 Å². The number of nitrogens with zero attached hydrogens (tertiary/aromatic N) is 1. The van der Waals surface area contributed by atoms with Crippen molar-refractivity contribution in [1.29, 1.82) is 0 Å². The summed E-state index contributed by atoms with van der Waals surface area (Å²) in [6.45, 7) is 11.1. The number of aromatic nitrogens is 1. The zero-order valence-electron chi connectivity index (χ0n) is 13.0. The van der Waals surface area contributed by atoms with Gasteiger partial charge in [-0.1, -0.05) is 36.9 Å². The topological polar surface area (TPSA) is 24.9 Å². The van der Waals surface area contributed by atoms with Crippen molar-refractivity contribution in [1.82, 2.24) is 10.3 Å². The molecule has 0 amide bonds. The summed E-state index contributed by atoms with van der Waals surface area (Å²) < 4.78 is 0. The van der Waals surface area contributed by atoms with Crippen LogP contribution < -0.4 is 15.8 Å². The minimum atomic E-state index is 0.789. The lowest BCUT2D eigenvalue weighted by molar-refractivity contribution is 0.839. The maximum absolute atomic E-state index is 4.32. The number of nitrogens with one attached hydrogen (secondary N) is 1. The molecule has 2 aromatic rings. The van der Waals surface area contributed by atoms with Crippen LogP contribution in [0, 0.1) is 13.8 Å². The molecular weight excluding hydrogens is 256 g/mol. The van der Waals surface area contributed by atoms with Crippen LogP contribution in [-0.2, 0) is 6.54 Å². The third-order valence-corrected chi connectivity index (χ3v) is 3.61. The van der Waals surface area contributed by atoms with Gasteiger partial charge in [0.1, 0.15) is 0 Å². The summed E-state index contributed by atoms with van der Waals surface area (Å²) in [5.74, 6) is 0. The van der Waals surface area contributed by atoms with Crippen molar-refractivity contribution in [3.8, 4) is 0 Å². The van der Waals surface area contributed by atoms with Crippen LogP contribution in [0.3, 0.4) is 0 Å². The van der Waals surface area contributed by atoms with Gasteiger partial charge in [-0.05, 0) is 54.5 Å². The largest absolute Gasteiger partial charge is 0.381 e. The van der Waals surface area contributed by atoms with Crippen LogP contribution >= 0.6 is 0 Å². The van der Waals surface area contributed by atoms with Gasteiger partial charge in [-0.15, -0.1) is 0 Å². The molecule has 0 atom stereocenters. The monoisotopic (exact) mass is 278 g/mol. The minimum absolute atomic E-state index is 0.789. The smallest absolute Gasteiger partial charge is 0.0447 e. The molecule has 1 N–H and O–H groups in total. The van der Waals surface area contributed by atoms with Gasteiger partial charge in [-0.25, -0.2) is 0 Å². The van der Waals surface area contributed by atoms with E-state index in [1.807, 2.05) is 26.1 Å². The van der Waals surface area contributed by atoms with Crippen molar-refractivity contribution < 1.29 is 0 Å². The molecule has 1 aromatic heterocycles. The fourth-order valence-electron chi connectivity index (χ4n) is 2.35. The van der Waals surface area contributed by atoms with Gasteiger partial charge < -0.3 is 5.32 Å². The second-order valence-electron chi connectivity index (χ2n) is 5.14. The standard InChI is InChI=1S/C19H22N2/c1-5-19-16(4)20-11-10-17(19)12-15(3)21-13-18-9-7-6-8-14(18)2/h5-12,21H,3,13H2,1-2,4H3/b17-12-,19-5-. The number of allylic oxidation sites excluding steroid dienone is 1. The van der Waals surface area contributed by atoms with Gasteiger partial charge in [-0.3, -0.25) is 4.98 Å². The molecule has 108 valence electrons. The van der Waals surface area contributed by atoms with E-state index < -0.39 is 0 Å². The molecule has 0 aliphatic carbocycles. The molecule has 0 spiro atoms. The Bertz CT molecular complexity index is 757. The Morgan fingerprint density at radius 3 is 2.71 bits per heavy atom. The number of benzene rings is 1. The minimum Gasteiger partial charge on any atom is -0.381 e. The molecule has 21 heavy (non-hydrogen) atoms. The van der Waals surface area contributed by atoms with E-state index in [1.165, 1.54) is 11.1 Å². The summed E-state index contributed by atoms with van der Waals surface area (Å²) in [6, 6.07) is 10.4. The van der Waals surface area contributed by atoms with Gasteiger partial charge >= 0.3 is 0 Å². The highest BCUT2D eigenvalue weighted by Gasteiger charge is 1.97. The Hall–Kier alpha value is -2.35. The summed E-state index contributed by atoms with van der Waals surface area (Å²) in [4.78, 5) is 4.32. The first-order valence-corrected chi connectivity index (χ1v) is 7.19. The average Bonchev–Trinajstić information content (AvgIpc) is 2.47. The molecule has 0 radical (unpaired) electrons. The van der Waals surface area contributed by atoms with Crippen LogP contribution in [0.1, 0.15) is 23.7 Å². The van der Waals surface area contributed by atoms with Crippen molar-refractivity contribution in [2.24, 2.45) is 0 Å². The number of rotatable bonds is 4. The van der Waals surface area contributed by atoms with Crippen LogP contribution in [0.5, 0.6) is 0 Å². The highest BCUT2D eigenvalue weighted by molar-refractivity contribution is 5.45. The van der Waals surface area contributed by atoms with E-state index in [0.29, 0.717) is 0 Å². The summed E-state index contributed by atoms with van der Waals surface area (Å²) in [6.07, 6.45) is 5.99. The summed E-state index contributed by atoms with van der Waals surface area (Å²) >= 11 is 0. The van der Waals surface area contributed by atoms with E-state index in [0.717, 1.165) is 28.4 Å². The van der Waals surface area contributed by atoms with Gasteiger partial charge in [0.25, 0.3) is 0 Å². The van der Waals surface area contributed by atoms with Gasteiger partial charge in [0.15, 0.2) is 0 Å². The third-order valence-electron chi connectivity index (χ3n) is 3.61. The second-order valence-corrected chi connectivity index (χ2v) is 5.14.